The van der Waals surface area contributed by atoms with E-state index in [0.29, 0.717) is 11.8 Å². The summed E-state index contributed by atoms with van der Waals surface area (Å²) in [5, 5.41) is 11.6. The molecular formula is C15H20BrN3O. The summed E-state index contributed by atoms with van der Waals surface area (Å²) in [4.78, 5) is 0. The minimum absolute atomic E-state index is 0.589. The highest BCUT2D eigenvalue weighted by molar-refractivity contribution is 9.10. The van der Waals surface area contributed by atoms with E-state index < -0.39 is 0 Å². The van der Waals surface area contributed by atoms with Crippen molar-refractivity contribution < 1.29 is 4.42 Å². The van der Waals surface area contributed by atoms with Crippen LogP contribution in [0.2, 0.25) is 0 Å². The van der Waals surface area contributed by atoms with E-state index in [0.717, 1.165) is 48.0 Å². The van der Waals surface area contributed by atoms with Gasteiger partial charge in [-0.3, -0.25) is 0 Å². The van der Waals surface area contributed by atoms with Crippen molar-refractivity contribution in [2.75, 3.05) is 13.1 Å². The van der Waals surface area contributed by atoms with E-state index in [1.54, 1.807) is 0 Å². The van der Waals surface area contributed by atoms with Crippen molar-refractivity contribution in [2.24, 2.45) is 0 Å². The van der Waals surface area contributed by atoms with Crippen molar-refractivity contribution in [3.8, 4) is 11.5 Å². The van der Waals surface area contributed by atoms with Gasteiger partial charge in [0.25, 0.3) is 0 Å². The molecule has 1 heterocycles. The van der Waals surface area contributed by atoms with Crippen molar-refractivity contribution in [2.45, 2.75) is 33.1 Å². The minimum atomic E-state index is 0.589. The van der Waals surface area contributed by atoms with Crippen LogP contribution in [0.5, 0.6) is 0 Å². The molecule has 0 radical (unpaired) electrons. The van der Waals surface area contributed by atoms with Gasteiger partial charge in [-0.1, -0.05) is 22.9 Å². The van der Waals surface area contributed by atoms with Crippen LogP contribution < -0.4 is 5.32 Å². The monoisotopic (exact) mass is 337 g/mol. The molecule has 0 saturated carbocycles. The molecule has 0 fully saturated rings. The van der Waals surface area contributed by atoms with Gasteiger partial charge in [0, 0.05) is 16.5 Å². The van der Waals surface area contributed by atoms with Crippen LogP contribution in [0.3, 0.4) is 0 Å². The standard InChI is InChI=1S/C15H20BrN3O/c1-3-6-17-7-4-5-14-18-19-15(20-14)12-8-11(2)9-13(16)10-12/h8-10,17H,3-7H2,1-2H3. The van der Waals surface area contributed by atoms with E-state index in [2.05, 4.69) is 44.4 Å². The first-order chi connectivity index (χ1) is 9.69. The topological polar surface area (TPSA) is 51.0 Å². The number of benzene rings is 1. The second kappa shape index (κ2) is 7.55. The molecule has 0 unspecified atom stereocenters. The van der Waals surface area contributed by atoms with E-state index in [1.165, 1.54) is 0 Å². The van der Waals surface area contributed by atoms with E-state index in [1.807, 2.05) is 19.1 Å². The summed E-state index contributed by atoms with van der Waals surface area (Å²) in [5.74, 6) is 1.29. The Morgan fingerprint density at radius 2 is 2.05 bits per heavy atom. The lowest BCUT2D eigenvalue weighted by atomic mass is 10.1. The maximum atomic E-state index is 5.72. The van der Waals surface area contributed by atoms with Crippen molar-refractivity contribution in [1.82, 2.24) is 15.5 Å². The Morgan fingerprint density at radius 3 is 2.80 bits per heavy atom. The number of hydrogen-bond acceptors (Lipinski definition) is 4. The van der Waals surface area contributed by atoms with Gasteiger partial charge in [0.1, 0.15) is 0 Å². The molecule has 0 spiro atoms. The third kappa shape index (κ3) is 4.42. The molecule has 20 heavy (non-hydrogen) atoms. The van der Waals surface area contributed by atoms with Crippen molar-refractivity contribution in [3.05, 3.63) is 34.1 Å². The average Bonchev–Trinajstić information content (AvgIpc) is 2.86. The van der Waals surface area contributed by atoms with Gasteiger partial charge in [-0.05, 0) is 56.6 Å². The van der Waals surface area contributed by atoms with Crippen LogP contribution in [-0.2, 0) is 6.42 Å². The largest absolute Gasteiger partial charge is 0.421 e. The quantitative estimate of drug-likeness (QED) is 0.782. The van der Waals surface area contributed by atoms with Crippen molar-refractivity contribution >= 4 is 15.9 Å². The molecule has 0 aliphatic heterocycles. The van der Waals surface area contributed by atoms with Gasteiger partial charge in [-0.15, -0.1) is 10.2 Å². The zero-order chi connectivity index (χ0) is 14.4. The fourth-order valence-electron chi connectivity index (χ4n) is 2.00. The molecular weight excluding hydrogens is 318 g/mol. The average molecular weight is 338 g/mol. The van der Waals surface area contributed by atoms with Crippen LogP contribution in [0.1, 0.15) is 31.2 Å². The fraction of sp³-hybridized carbons (Fsp3) is 0.467. The second-order valence-corrected chi connectivity index (χ2v) is 5.79. The molecule has 0 atom stereocenters. The van der Waals surface area contributed by atoms with E-state index in [-0.39, 0.29) is 0 Å². The second-order valence-electron chi connectivity index (χ2n) is 4.87. The Morgan fingerprint density at radius 1 is 1.20 bits per heavy atom. The lowest BCUT2D eigenvalue weighted by Gasteiger charge is -2.00. The van der Waals surface area contributed by atoms with Crippen molar-refractivity contribution in [3.63, 3.8) is 0 Å². The summed E-state index contributed by atoms with van der Waals surface area (Å²) in [7, 11) is 0. The SMILES string of the molecule is CCCNCCCc1nnc(-c2cc(C)cc(Br)c2)o1. The molecule has 0 saturated heterocycles. The number of aryl methyl sites for hydroxylation is 2. The molecule has 2 rings (SSSR count). The Kier molecular flexibility index (Phi) is 5.73. The maximum absolute atomic E-state index is 5.72. The Balaban J connectivity index is 1.94. The predicted molar refractivity (Wildman–Crippen MR) is 83.7 cm³/mol. The Hall–Kier alpha value is -1.20. The Bertz CT molecular complexity index is 534. The lowest BCUT2D eigenvalue weighted by molar-refractivity contribution is 0.491. The molecule has 4 nitrogen and oxygen atoms in total. The van der Waals surface area contributed by atoms with Gasteiger partial charge < -0.3 is 9.73 Å². The summed E-state index contributed by atoms with van der Waals surface area (Å²) in [6.07, 6.45) is 2.99. The van der Waals surface area contributed by atoms with Crippen LogP contribution in [0.15, 0.2) is 27.1 Å². The highest BCUT2D eigenvalue weighted by Crippen LogP contribution is 2.24. The number of nitrogens with zero attached hydrogens (tertiary/aromatic N) is 2. The summed E-state index contributed by atoms with van der Waals surface area (Å²) in [6, 6.07) is 6.10. The van der Waals surface area contributed by atoms with Crippen LogP contribution in [-0.4, -0.2) is 23.3 Å². The molecule has 0 aliphatic carbocycles. The van der Waals surface area contributed by atoms with E-state index >= 15 is 0 Å². The molecule has 1 aromatic heterocycles. The first kappa shape index (κ1) is 15.2. The van der Waals surface area contributed by atoms with Gasteiger partial charge in [0.2, 0.25) is 11.8 Å². The molecule has 0 bridgehead atoms. The normalized spacial score (nSPS) is 10.9. The lowest BCUT2D eigenvalue weighted by Crippen LogP contribution is -2.16. The third-order valence-electron chi connectivity index (χ3n) is 2.93. The third-order valence-corrected chi connectivity index (χ3v) is 3.38. The summed E-state index contributed by atoms with van der Waals surface area (Å²) >= 11 is 3.48. The summed E-state index contributed by atoms with van der Waals surface area (Å²) in [6.45, 7) is 6.26. The molecule has 0 amide bonds. The van der Waals surface area contributed by atoms with Gasteiger partial charge in [0.05, 0.1) is 0 Å². The number of nitrogens with one attached hydrogen (secondary N) is 1. The highest BCUT2D eigenvalue weighted by Gasteiger charge is 2.09. The fourth-order valence-corrected chi connectivity index (χ4v) is 2.61. The Labute approximate surface area is 128 Å². The number of halogens is 1. The maximum Gasteiger partial charge on any atom is 0.247 e. The highest BCUT2D eigenvalue weighted by atomic mass is 79.9. The molecule has 2 aromatic rings. The molecule has 1 aromatic carbocycles. The molecule has 108 valence electrons. The number of hydrogen-bond donors (Lipinski definition) is 1. The predicted octanol–water partition coefficient (Wildman–Crippen LogP) is 3.74. The van der Waals surface area contributed by atoms with Gasteiger partial charge in [-0.2, -0.15) is 0 Å². The minimum Gasteiger partial charge on any atom is -0.421 e. The van der Waals surface area contributed by atoms with Crippen LogP contribution in [0.25, 0.3) is 11.5 Å². The van der Waals surface area contributed by atoms with E-state index in [9.17, 15) is 0 Å². The number of aromatic nitrogens is 2. The molecule has 0 aliphatic rings. The molecule has 5 heteroatoms. The zero-order valence-electron chi connectivity index (χ0n) is 11.9. The van der Waals surface area contributed by atoms with Crippen LogP contribution in [0, 0.1) is 6.92 Å². The van der Waals surface area contributed by atoms with E-state index in [4.69, 9.17) is 4.42 Å². The molecule has 1 N–H and O–H groups in total. The zero-order valence-corrected chi connectivity index (χ0v) is 13.5. The van der Waals surface area contributed by atoms with Crippen LogP contribution >= 0.6 is 15.9 Å². The number of rotatable bonds is 7. The first-order valence-electron chi connectivity index (χ1n) is 6.99. The first-order valence-corrected chi connectivity index (χ1v) is 7.79. The van der Waals surface area contributed by atoms with Crippen LogP contribution in [0.4, 0.5) is 0 Å². The van der Waals surface area contributed by atoms with Crippen molar-refractivity contribution in [1.29, 1.82) is 0 Å². The van der Waals surface area contributed by atoms with Gasteiger partial charge >= 0.3 is 0 Å². The smallest absolute Gasteiger partial charge is 0.247 e. The summed E-state index contributed by atoms with van der Waals surface area (Å²) in [5.41, 5.74) is 2.12. The van der Waals surface area contributed by atoms with Gasteiger partial charge in [0.15, 0.2) is 0 Å². The van der Waals surface area contributed by atoms with Gasteiger partial charge in [-0.25, -0.2) is 0 Å². The summed E-state index contributed by atoms with van der Waals surface area (Å²) < 4.78 is 6.74.